The number of likely N-dealkylation sites (tertiary alicyclic amines) is 1. The summed E-state index contributed by atoms with van der Waals surface area (Å²) >= 11 is 1.60. The lowest BCUT2D eigenvalue weighted by Gasteiger charge is -2.55. The van der Waals surface area contributed by atoms with Crippen molar-refractivity contribution in [2.75, 3.05) is 18.4 Å². The summed E-state index contributed by atoms with van der Waals surface area (Å²) in [5.41, 5.74) is 1.23. The fraction of sp³-hybridized carbons (Fsp3) is 0.556. The van der Waals surface area contributed by atoms with Crippen molar-refractivity contribution >= 4 is 34.4 Å². The molecule has 2 heterocycles. The van der Waals surface area contributed by atoms with Crippen LogP contribution in [-0.2, 0) is 15.0 Å². The number of carbonyl (C=O) groups is 2. The maximum Gasteiger partial charge on any atom is 0.246 e. The van der Waals surface area contributed by atoms with Crippen LogP contribution in [-0.4, -0.2) is 40.0 Å². The third-order valence-corrected chi connectivity index (χ3v) is 9.63. The molecule has 1 saturated heterocycles. The third kappa shape index (κ3) is 4.30. The molecule has 5 aliphatic rings. The van der Waals surface area contributed by atoms with E-state index in [0.29, 0.717) is 31.1 Å². The lowest BCUT2D eigenvalue weighted by atomic mass is 9.50. The number of rotatable bonds is 5. The van der Waals surface area contributed by atoms with Crippen molar-refractivity contribution in [3.63, 3.8) is 0 Å². The van der Waals surface area contributed by atoms with E-state index in [1.807, 2.05) is 41.3 Å². The van der Waals surface area contributed by atoms with Crippen LogP contribution in [0.1, 0.15) is 61.9 Å². The zero-order chi connectivity index (χ0) is 23.1. The van der Waals surface area contributed by atoms with Gasteiger partial charge in [0.1, 0.15) is 5.01 Å². The minimum absolute atomic E-state index is 0.00653. The molecule has 7 rings (SSSR count). The molecule has 7 heteroatoms. The van der Waals surface area contributed by atoms with E-state index in [4.69, 9.17) is 0 Å². The van der Waals surface area contributed by atoms with E-state index < -0.39 is 0 Å². The summed E-state index contributed by atoms with van der Waals surface area (Å²) in [7, 11) is 0. The quantitative estimate of drug-likeness (QED) is 0.623. The average Bonchev–Trinajstić information content (AvgIpc) is 3.32. The largest absolute Gasteiger partial charge is 0.339 e. The normalized spacial score (nSPS) is 30.7. The number of hydrogen-bond donors (Lipinski definition) is 1. The molecule has 34 heavy (non-hydrogen) atoms. The van der Waals surface area contributed by atoms with Crippen LogP contribution >= 0.6 is 11.3 Å². The standard InChI is InChI=1S/C27H32N4O2S/c32-23(7-6-18-4-2-1-3-5-18)31-10-8-22(9-11-31)24(33)28-26-30-29-25(34-26)27-15-19-12-20(16-27)14-21(13-19)17-27/h1-7,19-22H,8-17H2,(H,28,30,33)/b7-6+. The highest BCUT2D eigenvalue weighted by molar-refractivity contribution is 7.15. The first-order chi connectivity index (χ1) is 16.6. The topological polar surface area (TPSA) is 75.2 Å². The van der Waals surface area contributed by atoms with Crippen molar-refractivity contribution in [1.82, 2.24) is 15.1 Å². The first-order valence-corrected chi connectivity index (χ1v) is 13.5. The number of piperidine rings is 1. The Hall–Kier alpha value is -2.54. The van der Waals surface area contributed by atoms with Crippen LogP contribution in [0.4, 0.5) is 5.13 Å². The van der Waals surface area contributed by atoms with E-state index in [1.165, 1.54) is 38.5 Å². The summed E-state index contributed by atoms with van der Waals surface area (Å²) in [4.78, 5) is 27.3. The molecular weight excluding hydrogens is 444 g/mol. The molecule has 4 saturated carbocycles. The van der Waals surface area contributed by atoms with Gasteiger partial charge in [-0.2, -0.15) is 0 Å². The minimum Gasteiger partial charge on any atom is -0.339 e. The Morgan fingerprint density at radius 3 is 2.26 bits per heavy atom. The van der Waals surface area contributed by atoms with Crippen molar-refractivity contribution in [3.8, 4) is 0 Å². The lowest BCUT2D eigenvalue weighted by Crippen LogP contribution is -2.48. The van der Waals surface area contributed by atoms with Gasteiger partial charge in [-0.05, 0) is 80.8 Å². The number of aromatic nitrogens is 2. The van der Waals surface area contributed by atoms with Gasteiger partial charge in [-0.15, -0.1) is 10.2 Å². The Bertz CT molecular complexity index is 1050. The Balaban J connectivity index is 1.03. The highest BCUT2D eigenvalue weighted by Crippen LogP contribution is 2.61. The second kappa shape index (κ2) is 8.91. The van der Waals surface area contributed by atoms with Crippen molar-refractivity contribution in [2.24, 2.45) is 23.7 Å². The van der Waals surface area contributed by atoms with E-state index in [1.54, 1.807) is 17.4 Å². The van der Waals surface area contributed by atoms with Gasteiger partial charge in [-0.3, -0.25) is 9.59 Å². The Labute approximate surface area is 204 Å². The van der Waals surface area contributed by atoms with E-state index in [2.05, 4.69) is 15.5 Å². The molecule has 1 N–H and O–H groups in total. The zero-order valence-corrected chi connectivity index (χ0v) is 20.3. The molecule has 6 nitrogen and oxygen atoms in total. The van der Waals surface area contributed by atoms with Crippen molar-refractivity contribution in [2.45, 2.75) is 56.8 Å². The Morgan fingerprint density at radius 1 is 0.971 bits per heavy atom. The SMILES string of the molecule is O=C(Nc1nnc(C23CC4CC(CC(C4)C2)C3)s1)C1CCN(C(=O)/C=C/c2ccccc2)CC1. The second-order valence-corrected chi connectivity index (χ2v) is 11.9. The van der Waals surface area contributed by atoms with E-state index in [-0.39, 0.29) is 23.1 Å². The van der Waals surface area contributed by atoms with Gasteiger partial charge >= 0.3 is 0 Å². The van der Waals surface area contributed by atoms with Gasteiger partial charge in [0, 0.05) is 30.5 Å². The zero-order valence-electron chi connectivity index (χ0n) is 19.5. The average molecular weight is 477 g/mol. The van der Waals surface area contributed by atoms with Gasteiger partial charge < -0.3 is 10.2 Å². The maximum atomic E-state index is 12.9. The third-order valence-electron chi connectivity index (χ3n) is 8.54. The highest BCUT2D eigenvalue weighted by Gasteiger charge is 2.53. The summed E-state index contributed by atoms with van der Waals surface area (Å²) in [6.45, 7) is 1.20. The van der Waals surface area contributed by atoms with Crippen molar-refractivity contribution in [1.29, 1.82) is 0 Å². The van der Waals surface area contributed by atoms with Crippen LogP contribution in [0, 0.1) is 23.7 Å². The first-order valence-electron chi connectivity index (χ1n) is 12.7. The number of hydrogen-bond acceptors (Lipinski definition) is 5. The second-order valence-electron chi connectivity index (χ2n) is 10.9. The molecule has 0 atom stereocenters. The molecule has 2 aromatic rings. The van der Waals surface area contributed by atoms with Crippen LogP contribution in [0.25, 0.3) is 6.08 Å². The molecule has 4 bridgehead atoms. The summed E-state index contributed by atoms with van der Waals surface area (Å²) in [6, 6.07) is 9.82. The Kier molecular flexibility index (Phi) is 5.76. The van der Waals surface area contributed by atoms with Crippen LogP contribution < -0.4 is 5.32 Å². The number of carbonyl (C=O) groups excluding carboxylic acids is 2. The minimum atomic E-state index is -0.0888. The molecule has 178 valence electrons. The number of amides is 2. The van der Waals surface area contributed by atoms with Crippen LogP contribution in [0.5, 0.6) is 0 Å². The van der Waals surface area contributed by atoms with Gasteiger partial charge in [-0.1, -0.05) is 41.7 Å². The van der Waals surface area contributed by atoms with Gasteiger partial charge in [-0.25, -0.2) is 0 Å². The molecular formula is C27H32N4O2S. The van der Waals surface area contributed by atoms with Crippen LogP contribution in [0.3, 0.4) is 0 Å². The smallest absolute Gasteiger partial charge is 0.246 e. The molecule has 4 aliphatic carbocycles. The monoisotopic (exact) mass is 476 g/mol. The molecule has 1 aromatic heterocycles. The summed E-state index contributed by atoms with van der Waals surface area (Å²) < 4.78 is 0. The molecule has 0 radical (unpaired) electrons. The lowest BCUT2D eigenvalue weighted by molar-refractivity contribution is -0.130. The number of nitrogens with one attached hydrogen (secondary N) is 1. The van der Waals surface area contributed by atoms with Crippen molar-refractivity contribution < 1.29 is 9.59 Å². The van der Waals surface area contributed by atoms with Crippen molar-refractivity contribution in [3.05, 3.63) is 47.0 Å². The predicted octanol–water partition coefficient (Wildman–Crippen LogP) is 4.90. The molecule has 1 aromatic carbocycles. The van der Waals surface area contributed by atoms with E-state index in [9.17, 15) is 9.59 Å². The van der Waals surface area contributed by atoms with Crippen LogP contribution in [0.2, 0.25) is 0 Å². The highest BCUT2D eigenvalue weighted by atomic mass is 32.1. The predicted molar refractivity (Wildman–Crippen MR) is 133 cm³/mol. The summed E-state index contributed by atoms with van der Waals surface area (Å²) in [5, 5.41) is 13.8. The van der Waals surface area contributed by atoms with Crippen LogP contribution in [0.15, 0.2) is 36.4 Å². The number of benzene rings is 1. The number of nitrogens with zero attached hydrogens (tertiary/aromatic N) is 3. The first kappa shape index (κ1) is 22.0. The maximum absolute atomic E-state index is 12.9. The fourth-order valence-electron chi connectivity index (χ4n) is 7.27. The summed E-state index contributed by atoms with van der Waals surface area (Å²) in [5.74, 6) is 2.53. The molecule has 0 unspecified atom stereocenters. The van der Waals surface area contributed by atoms with Gasteiger partial charge in [0.25, 0.3) is 0 Å². The van der Waals surface area contributed by atoms with E-state index >= 15 is 0 Å². The fourth-order valence-corrected chi connectivity index (χ4v) is 8.23. The molecule has 2 amide bonds. The summed E-state index contributed by atoms with van der Waals surface area (Å²) in [6.07, 6.45) is 12.8. The van der Waals surface area contributed by atoms with Gasteiger partial charge in [0.15, 0.2) is 0 Å². The van der Waals surface area contributed by atoms with Gasteiger partial charge in [0.05, 0.1) is 0 Å². The Morgan fingerprint density at radius 2 is 1.62 bits per heavy atom. The molecule has 0 spiro atoms. The molecule has 5 fully saturated rings. The molecule has 1 aliphatic heterocycles. The van der Waals surface area contributed by atoms with E-state index in [0.717, 1.165) is 28.3 Å². The van der Waals surface area contributed by atoms with Gasteiger partial charge in [0.2, 0.25) is 16.9 Å². The number of anilines is 1.